The Morgan fingerprint density at radius 2 is 1.76 bits per heavy atom. The Labute approximate surface area is 125 Å². The Hall–Kier alpha value is -0.980. The van der Waals surface area contributed by atoms with Crippen molar-refractivity contribution in [1.29, 1.82) is 0 Å². The molecule has 1 N–H and O–H groups in total. The van der Waals surface area contributed by atoms with Crippen molar-refractivity contribution >= 4 is 10.0 Å². The topological polar surface area (TPSA) is 55.4 Å². The van der Waals surface area contributed by atoms with E-state index in [1.54, 1.807) is 13.8 Å². The monoisotopic (exact) mass is 315 g/mol. The highest BCUT2D eigenvalue weighted by molar-refractivity contribution is 7.89. The first-order chi connectivity index (χ1) is 9.73. The van der Waals surface area contributed by atoms with Gasteiger partial charge in [-0.15, -0.1) is 0 Å². The van der Waals surface area contributed by atoms with E-state index in [4.69, 9.17) is 4.74 Å². The van der Waals surface area contributed by atoms with Crippen molar-refractivity contribution in [1.82, 2.24) is 4.72 Å². The van der Waals surface area contributed by atoms with Gasteiger partial charge in [0.15, 0.2) is 0 Å². The second-order valence-corrected chi connectivity index (χ2v) is 7.82. The summed E-state index contributed by atoms with van der Waals surface area (Å²) in [6, 6.07) is 2.50. The summed E-state index contributed by atoms with van der Waals surface area (Å²) < 4.78 is 46.3. The quantitative estimate of drug-likeness (QED) is 0.929. The van der Waals surface area contributed by atoms with Gasteiger partial charge < -0.3 is 4.74 Å². The highest BCUT2D eigenvalue weighted by atomic mass is 32.2. The van der Waals surface area contributed by atoms with Crippen LogP contribution in [0, 0.1) is 25.1 Å². The van der Waals surface area contributed by atoms with E-state index >= 15 is 0 Å². The summed E-state index contributed by atoms with van der Waals surface area (Å²) in [5.74, 6) is -0.416. The van der Waals surface area contributed by atoms with Crippen molar-refractivity contribution in [3.05, 3.63) is 29.1 Å². The van der Waals surface area contributed by atoms with Gasteiger partial charge in [0.25, 0.3) is 0 Å². The molecule has 1 heterocycles. The molecule has 1 aromatic carbocycles. The van der Waals surface area contributed by atoms with Crippen LogP contribution in [-0.4, -0.2) is 28.2 Å². The minimum Gasteiger partial charge on any atom is -0.381 e. The Kier molecular flexibility index (Phi) is 4.70. The van der Waals surface area contributed by atoms with Gasteiger partial charge >= 0.3 is 0 Å². The molecular weight excluding hydrogens is 293 g/mol. The van der Waals surface area contributed by atoms with Crippen molar-refractivity contribution < 1.29 is 17.5 Å². The van der Waals surface area contributed by atoms with Crippen LogP contribution in [0.1, 0.15) is 30.9 Å². The minimum absolute atomic E-state index is 0.0901. The fourth-order valence-electron chi connectivity index (χ4n) is 2.70. The molecule has 4 nitrogen and oxygen atoms in total. The minimum atomic E-state index is -3.63. The molecule has 0 spiro atoms. The first-order valence-corrected chi connectivity index (χ1v) is 8.56. The Morgan fingerprint density at radius 1 is 1.24 bits per heavy atom. The van der Waals surface area contributed by atoms with Gasteiger partial charge in [-0.1, -0.05) is 6.92 Å². The van der Waals surface area contributed by atoms with E-state index in [0.717, 1.165) is 12.8 Å². The van der Waals surface area contributed by atoms with Crippen LogP contribution in [0.4, 0.5) is 4.39 Å². The van der Waals surface area contributed by atoms with E-state index in [0.29, 0.717) is 30.9 Å². The van der Waals surface area contributed by atoms with Crippen LogP contribution in [0.15, 0.2) is 17.0 Å². The number of halogens is 1. The molecule has 0 aromatic heterocycles. The van der Waals surface area contributed by atoms with Crippen molar-refractivity contribution in [2.45, 2.75) is 38.5 Å². The molecule has 2 rings (SSSR count). The van der Waals surface area contributed by atoms with E-state index in [1.165, 1.54) is 12.1 Å². The smallest absolute Gasteiger partial charge is 0.241 e. The Bertz CT molecular complexity index is 599. The predicted octanol–water partition coefficient (Wildman–Crippen LogP) is 2.54. The number of ether oxygens (including phenoxy) is 1. The average molecular weight is 315 g/mol. The maximum atomic E-state index is 13.3. The number of sulfonamides is 1. The average Bonchev–Trinajstić information content (AvgIpc) is 2.36. The molecule has 1 fully saturated rings. The summed E-state index contributed by atoms with van der Waals surface area (Å²) in [4.78, 5) is 0.180. The summed E-state index contributed by atoms with van der Waals surface area (Å²) in [7, 11) is -3.63. The lowest BCUT2D eigenvalue weighted by Gasteiger charge is -2.33. The van der Waals surface area contributed by atoms with Crippen LogP contribution >= 0.6 is 0 Å². The maximum absolute atomic E-state index is 13.3. The maximum Gasteiger partial charge on any atom is 0.241 e. The third kappa shape index (κ3) is 3.81. The molecule has 1 aliphatic heterocycles. The fraction of sp³-hybridized carbons (Fsp3) is 0.600. The van der Waals surface area contributed by atoms with Gasteiger partial charge in [0.1, 0.15) is 5.82 Å². The van der Waals surface area contributed by atoms with Crippen LogP contribution in [0.5, 0.6) is 0 Å². The second-order valence-electron chi connectivity index (χ2n) is 6.12. The van der Waals surface area contributed by atoms with E-state index in [2.05, 4.69) is 11.6 Å². The van der Waals surface area contributed by atoms with Crippen LogP contribution in [0.3, 0.4) is 0 Å². The molecule has 0 amide bonds. The van der Waals surface area contributed by atoms with Gasteiger partial charge in [-0.2, -0.15) is 0 Å². The third-order valence-electron chi connectivity index (χ3n) is 4.08. The molecule has 6 heteroatoms. The number of benzene rings is 1. The lowest BCUT2D eigenvalue weighted by Crippen LogP contribution is -2.39. The zero-order valence-electron chi connectivity index (χ0n) is 12.7. The molecule has 0 atom stereocenters. The number of aryl methyl sites for hydroxylation is 2. The molecule has 0 saturated carbocycles. The Balaban J connectivity index is 2.19. The van der Waals surface area contributed by atoms with Gasteiger partial charge in [-0.3, -0.25) is 0 Å². The molecule has 0 radical (unpaired) electrons. The van der Waals surface area contributed by atoms with Crippen LogP contribution in [-0.2, 0) is 14.8 Å². The standard InChI is InChI=1S/C15H22FNO3S/c1-11-8-13(16)9-12(2)14(11)21(18,19)17-10-15(3)4-6-20-7-5-15/h8-9,17H,4-7,10H2,1-3H3. The molecule has 0 aliphatic carbocycles. The highest BCUT2D eigenvalue weighted by Crippen LogP contribution is 2.30. The number of rotatable bonds is 4. The second kappa shape index (κ2) is 6.02. The molecule has 0 unspecified atom stereocenters. The fourth-order valence-corrected chi connectivity index (χ4v) is 4.35. The van der Waals surface area contributed by atoms with Crippen LogP contribution in [0.25, 0.3) is 0 Å². The lowest BCUT2D eigenvalue weighted by molar-refractivity contribution is 0.0264. The van der Waals surface area contributed by atoms with Crippen LogP contribution in [0.2, 0.25) is 0 Å². The highest BCUT2D eigenvalue weighted by Gasteiger charge is 2.30. The van der Waals surface area contributed by atoms with Crippen LogP contribution < -0.4 is 4.72 Å². The van der Waals surface area contributed by atoms with Gasteiger partial charge in [-0.05, 0) is 55.4 Å². The number of nitrogens with one attached hydrogen (secondary N) is 1. The number of hydrogen-bond acceptors (Lipinski definition) is 3. The number of hydrogen-bond donors (Lipinski definition) is 1. The molecule has 1 saturated heterocycles. The summed E-state index contributed by atoms with van der Waals surface area (Å²) in [5, 5.41) is 0. The summed E-state index contributed by atoms with van der Waals surface area (Å²) in [6.45, 7) is 6.97. The molecular formula is C15H22FNO3S. The zero-order chi connectivity index (χ0) is 15.7. The third-order valence-corrected chi connectivity index (χ3v) is 5.79. The van der Waals surface area contributed by atoms with Gasteiger partial charge in [0.05, 0.1) is 4.90 Å². The summed E-state index contributed by atoms with van der Waals surface area (Å²) in [5.41, 5.74) is 0.766. The van der Waals surface area contributed by atoms with Crippen molar-refractivity contribution in [3.8, 4) is 0 Å². The molecule has 1 aromatic rings. The van der Waals surface area contributed by atoms with E-state index < -0.39 is 15.8 Å². The molecule has 0 bridgehead atoms. The largest absolute Gasteiger partial charge is 0.381 e. The van der Waals surface area contributed by atoms with Crippen molar-refractivity contribution in [3.63, 3.8) is 0 Å². The van der Waals surface area contributed by atoms with E-state index in [-0.39, 0.29) is 10.3 Å². The predicted molar refractivity (Wildman–Crippen MR) is 79.2 cm³/mol. The van der Waals surface area contributed by atoms with E-state index in [9.17, 15) is 12.8 Å². The summed E-state index contributed by atoms with van der Waals surface area (Å²) >= 11 is 0. The molecule has 1 aliphatic rings. The zero-order valence-corrected chi connectivity index (χ0v) is 13.5. The first kappa shape index (κ1) is 16.4. The van der Waals surface area contributed by atoms with Crippen molar-refractivity contribution in [2.24, 2.45) is 5.41 Å². The lowest BCUT2D eigenvalue weighted by atomic mass is 9.83. The Morgan fingerprint density at radius 3 is 2.29 bits per heavy atom. The van der Waals surface area contributed by atoms with Gasteiger partial charge in [0, 0.05) is 19.8 Å². The first-order valence-electron chi connectivity index (χ1n) is 7.08. The van der Waals surface area contributed by atoms with Crippen molar-refractivity contribution in [2.75, 3.05) is 19.8 Å². The summed E-state index contributed by atoms with van der Waals surface area (Å²) in [6.07, 6.45) is 1.66. The van der Waals surface area contributed by atoms with E-state index in [1.807, 2.05) is 0 Å². The van der Waals surface area contributed by atoms with Gasteiger partial charge in [0.2, 0.25) is 10.0 Å². The molecule has 118 valence electrons. The van der Waals surface area contributed by atoms with Gasteiger partial charge in [-0.25, -0.2) is 17.5 Å². The SMILES string of the molecule is Cc1cc(F)cc(C)c1S(=O)(=O)NCC1(C)CCOCC1. The molecule has 21 heavy (non-hydrogen) atoms. The normalized spacial score (nSPS) is 18.7.